The first-order valence-corrected chi connectivity index (χ1v) is 8.31. The highest BCUT2D eigenvalue weighted by Crippen LogP contribution is 2.26. The second-order valence-electron chi connectivity index (χ2n) is 4.68. The van der Waals surface area contributed by atoms with Crippen molar-refractivity contribution in [2.75, 3.05) is 18.9 Å². The Hall–Kier alpha value is -3.03. The standard InChI is InChI=1S/C13H10F4N4O5S/c1-25-12-18-10(19-13(20-12)26-2)9(22)6-3-5(14)4-7(15)8(6)21-27(23,24)11(16)17/h3-4,11,21H,1-2H3. The topological polar surface area (TPSA) is 120 Å². The number of anilines is 1. The van der Waals surface area contributed by atoms with Gasteiger partial charge in [0.25, 0.3) is 10.0 Å². The number of sulfonamides is 1. The zero-order valence-electron chi connectivity index (χ0n) is 13.5. The van der Waals surface area contributed by atoms with Crippen molar-refractivity contribution in [3.8, 4) is 12.0 Å². The molecule has 0 atom stereocenters. The van der Waals surface area contributed by atoms with Gasteiger partial charge in [-0.15, -0.1) is 4.98 Å². The van der Waals surface area contributed by atoms with Gasteiger partial charge in [-0.05, 0) is 6.07 Å². The van der Waals surface area contributed by atoms with Gasteiger partial charge >= 0.3 is 17.8 Å². The van der Waals surface area contributed by atoms with Crippen LogP contribution in [0.3, 0.4) is 0 Å². The van der Waals surface area contributed by atoms with Crippen molar-refractivity contribution in [1.82, 2.24) is 15.0 Å². The minimum absolute atomic E-state index is 0.203. The summed E-state index contributed by atoms with van der Waals surface area (Å²) >= 11 is 0. The molecule has 2 rings (SSSR count). The number of ketones is 1. The highest BCUT2D eigenvalue weighted by Gasteiger charge is 2.30. The molecule has 0 unspecified atom stereocenters. The second-order valence-corrected chi connectivity index (χ2v) is 6.33. The summed E-state index contributed by atoms with van der Waals surface area (Å²) in [5.41, 5.74) is -2.15. The SMILES string of the molecule is COc1nc(OC)nc(C(=O)c2cc(F)cc(F)c2NS(=O)(=O)C(F)F)n1. The van der Waals surface area contributed by atoms with Crippen LogP contribution in [0.5, 0.6) is 12.0 Å². The molecular weight excluding hydrogens is 400 g/mol. The number of ether oxygens (including phenoxy) is 2. The first-order chi connectivity index (χ1) is 12.6. The number of carbonyl (C=O) groups excluding carboxylic acids is 1. The first kappa shape index (κ1) is 20.3. The number of methoxy groups -OCH3 is 2. The Labute approximate surface area is 149 Å². The lowest BCUT2D eigenvalue weighted by molar-refractivity contribution is 0.102. The molecule has 0 saturated heterocycles. The lowest BCUT2D eigenvalue weighted by atomic mass is 10.1. The van der Waals surface area contributed by atoms with Crippen molar-refractivity contribution >= 4 is 21.5 Å². The van der Waals surface area contributed by atoms with Gasteiger partial charge in [-0.2, -0.15) is 18.7 Å². The summed E-state index contributed by atoms with van der Waals surface area (Å²) in [5.74, 6) is -8.85. The molecule has 1 N–H and O–H groups in total. The number of rotatable bonds is 7. The molecule has 14 heteroatoms. The van der Waals surface area contributed by atoms with E-state index in [1.165, 1.54) is 4.72 Å². The summed E-state index contributed by atoms with van der Waals surface area (Å²) in [6, 6.07) is -0.153. The van der Waals surface area contributed by atoms with Crippen LogP contribution in [0.15, 0.2) is 12.1 Å². The third-order valence-electron chi connectivity index (χ3n) is 2.94. The molecule has 0 aliphatic carbocycles. The zero-order valence-corrected chi connectivity index (χ0v) is 14.4. The van der Waals surface area contributed by atoms with E-state index in [0.29, 0.717) is 6.07 Å². The molecule has 1 aromatic heterocycles. The number of halogens is 4. The molecule has 0 amide bonds. The molecule has 1 aromatic carbocycles. The maximum Gasteiger partial charge on any atom is 0.355 e. The normalized spacial score (nSPS) is 11.4. The average molecular weight is 410 g/mol. The van der Waals surface area contributed by atoms with Crippen LogP contribution in [0, 0.1) is 11.6 Å². The average Bonchev–Trinajstić information content (AvgIpc) is 2.62. The summed E-state index contributed by atoms with van der Waals surface area (Å²) in [4.78, 5) is 23.3. The van der Waals surface area contributed by atoms with Crippen LogP contribution in [0.4, 0.5) is 23.2 Å². The van der Waals surface area contributed by atoms with Crippen LogP contribution >= 0.6 is 0 Å². The molecule has 27 heavy (non-hydrogen) atoms. The third-order valence-corrected chi connectivity index (χ3v) is 3.90. The number of nitrogens with zero attached hydrogens (tertiary/aromatic N) is 3. The van der Waals surface area contributed by atoms with E-state index in [1.807, 2.05) is 0 Å². The molecule has 146 valence electrons. The molecule has 0 bridgehead atoms. The molecule has 0 fully saturated rings. The van der Waals surface area contributed by atoms with Crippen molar-refractivity contribution in [1.29, 1.82) is 0 Å². The summed E-state index contributed by atoms with van der Waals surface area (Å²) in [6.07, 6.45) is 0. The number of nitrogens with one attached hydrogen (secondary N) is 1. The third kappa shape index (κ3) is 4.39. The van der Waals surface area contributed by atoms with E-state index in [1.54, 1.807) is 0 Å². The van der Waals surface area contributed by atoms with Crippen LogP contribution in [-0.4, -0.2) is 49.1 Å². The van der Waals surface area contributed by atoms with E-state index in [-0.39, 0.29) is 6.07 Å². The fourth-order valence-electron chi connectivity index (χ4n) is 1.79. The van der Waals surface area contributed by atoms with Gasteiger partial charge in [0.15, 0.2) is 5.82 Å². The van der Waals surface area contributed by atoms with Gasteiger partial charge in [0, 0.05) is 6.07 Å². The van der Waals surface area contributed by atoms with Crippen molar-refractivity contribution in [2.24, 2.45) is 0 Å². The molecule has 0 aliphatic heterocycles. The van der Waals surface area contributed by atoms with Crippen molar-refractivity contribution in [2.45, 2.75) is 5.76 Å². The number of aromatic nitrogens is 3. The molecule has 0 saturated carbocycles. The summed E-state index contributed by atoms with van der Waals surface area (Å²) in [5, 5.41) is 0. The lowest BCUT2D eigenvalue weighted by Crippen LogP contribution is -2.23. The highest BCUT2D eigenvalue weighted by molar-refractivity contribution is 7.93. The monoisotopic (exact) mass is 410 g/mol. The highest BCUT2D eigenvalue weighted by atomic mass is 32.2. The number of hydrogen-bond donors (Lipinski definition) is 1. The Balaban J connectivity index is 2.63. The smallest absolute Gasteiger partial charge is 0.355 e. The van der Waals surface area contributed by atoms with E-state index in [4.69, 9.17) is 9.47 Å². The van der Waals surface area contributed by atoms with E-state index in [0.717, 1.165) is 14.2 Å². The van der Waals surface area contributed by atoms with E-state index < -0.39 is 62.3 Å². The molecular formula is C13H10F4N4O5S. The van der Waals surface area contributed by atoms with Gasteiger partial charge in [0.1, 0.15) is 5.82 Å². The van der Waals surface area contributed by atoms with E-state index in [9.17, 15) is 30.8 Å². The van der Waals surface area contributed by atoms with Gasteiger partial charge in [-0.1, -0.05) is 0 Å². The predicted octanol–water partition coefficient (Wildman–Crippen LogP) is 1.36. The van der Waals surface area contributed by atoms with Crippen LogP contribution in [0.25, 0.3) is 0 Å². The Morgan fingerprint density at radius 2 is 1.63 bits per heavy atom. The Morgan fingerprint density at radius 3 is 2.11 bits per heavy atom. The van der Waals surface area contributed by atoms with Crippen LogP contribution in [0.2, 0.25) is 0 Å². The lowest BCUT2D eigenvalue weighted by Gasteiger charge is -2.12. The maximum absolute atomic E-state index is 14.0. The Bertz CT molecular complexity index is 965. The number of carbonyl (C=O) groups is 1. The quantitative estimate of drug-likeness (QED) is 0.537. The minimum atomic E-state index is -5.35. The number of benzene rings is 1. The van der Waals surface area contributed by atoms with Crippen molar-refractivity contribution in [3.05, 3.63) is 35.2 Å². The molecule has 0 spiro atoms. The molecule has 1 heterocycles. The van der Waals surface area contributed by atoms with Crippen molar-refractivity contribution in [3.63, 3.8) is 0 Å². The Kier molecular flexibility index (Phi) is 5.78. The van der Waals surface area contributed by atoms with Crippen LogP contribution in [0.1, 0.15) is 16.2 Å². The number of hydrogen-bond acceptors (Lipinski definition) is 8. The predicted molar refractivity (Wildman–Crippen MR) is 81.3 cm³/mol. The largest absolute Gasteiger partial charge is 0.467 e. The van der Waals surface area contributed by atoms with E-state index in [2.05, 4.69) is 15.0 Å². The van der Waals surface area contributed by atoms with E-state index >= 15 is 0 Å². The summed E-state index contributed by atoms with van der Waals surface area (Å²) in [6.45, 7) is 0. The fourth-order valence-corrected chi connectivity index (χ4v) is 2.37. The Morgan fingerprint density at radius 1 is 1.07 bits per heavy atom. The van der Waals surface area contributed by atoms with Gasteiger partial charge in [-0.25, -0.2) is 17.2 Å². The van der Waals surface area contributed by atoms with Gasteiger partial charge < -0.3 is 9.47 Å². The van der Waals surface area contributed by atoms with Crippen LogP contribution < -0.4 is 14.2 Å². The summed E-state index contributed by atoms with van der Waals surface area (Å²) < 4.78 is 86.0. The summed E-state index contributed by atoms with van der Waals surface area (Å²) in [7, 11) is -3.06. The van der Waals surface area contributed by atoms with Gasteiger partial charge in [0.05, 0.1) is 25.5 Å². The van der Waals surface area contributed by atoms with Crippen molar-refractivity contribution < 1.29 is 40.2 Å². The molecule has 2 aromatic rings. The number of alkyl halides is 2. The first-order valence-electron chi connectivity index (χ1n) is 6.76. The van der Waals surface area contributed by atoms with Gasteiger partial charge in [-0.3, -0.25) is 9.52 Å². The van der Waals surface area contributed by atoms with Crippen LogP contribution in [-0.2, 0) is 10.0 Å². The maximum atomic E-state index is 14.0. The molecule has 0 radical (unpaired) electrons. The zero-order chi connectivity index (χ0) is 20.4. The minimum Gasteiger partial charge on any atom is -0.467 e. The van der Waals surface area contributed by atoms with Gasteiger partial charge in [0.2, 0.25) is 11.6 Å². The molecule has 9 nitrogen and oxygen atoms in total. The molecule has 0 aliphatic rings. The fraction of sp³-hybridized carbons (Fsp3) is 0.231. The second kappa shape index (κ2) is 7.69.